The number of fused-ring (bicyclic) bond motifs is 1. The van der Waals surface area contributed by atoms with Crippen molar-refractivity contribution >= 4 is 22.7 Å². The number of carboxylic acids is 1. The van der Waals surface area contributed by atoms with E-state index >= 15 is 0 Å². The number of hydrogen-bond donors (Lipinski definition) is 3. The third kappa shape index (κ3) is 5.49. The van der Waals surface area contributed by atoms with Crippen LogP contribution >= 0.6 is 0 Å². The summed E-state index contributed by atoms with van der Waals surface area (Å²) >= 11 is 0. The van der Waals surface area contributed by atoms with E-state index in [1.54, 1.807) is 6.20 Å². The molecule has 0 saturated carbocycles. The van der Waals surface area contributed by atoms with Gasteiger partial charge in [-0.05, 0) is 49.2 Å². The Kier molecular flexibility index (Phi) is 6.89. The van der Waals surface area contributed by atoms with Crippen molar-refractivity contribution < 1.29 is 14.6 Å². The van der Waals surface area contributed by atoms with Crippen molar-refractivity contribution in [1.82, 2.24) is 9.97 Å². The van der Waals surface area contributed by atoms with Gasteiger partial charge in [-0.2, -0.15) is 0 Å². The molecule has 0 fully saturated rings. The molecule has 0 aliphatic carbocycles. The Hall–Kier alpha value is -3.02. The number of carboxylic acid groups (broad SMARTS) is 1. The Labute approximate surface area is 165 Å². The lowest BCUT2D eigenvalue weighted by atomic mass is 9.98. The van der Waals surface area contributed by atoms with E-state index in [1.165, 1.54) is 0 Å². The molecule has 0 spiro atoms. The Morgan fingerprint density at radius 1 is 1.29 bits per heavy atom. The fraction of sp³-hybridized carbons (Fsp3) is 0.364. The fourth-order valence-electron chi connectivity index (χ4n) is 3.24. The normalized spacial score (nSPS) is 12.0. The highest BCUT2D eigenvalue weighted by atomic mass is 16.5. The zero-order valence-corrected chi connectivity index (χ0v) is 16.1. The summed E-state index contributed by atoms with van der Waals surface area (Å²) in [5.41, 5.74) is 1.95. The van der Waals surface area contributed by atoms with Crippen molar-refractivity contribution in [2.75, 3.05) is 18.5 Å². The maximum absolute atomic E-state index is 11.4. The SMILES string of the molecule is CCCC(Cc1cc2cc(OCCCNc3ccccn3)ccc2[nH]1)C(=O)O. The minimum atomic E-state index is -0.733. The van der Waals surface area contributed by atoms with Gasteiger partial charge in [0.05, 0.1) is 12.5 Å². The number of nitrogens with one attached hydrogen (secondary N) is 2. The largest absolute Gasteiger partial charge is 0.494 e. The summed E-state index contributed by atoms with van der Waals surface area (Å²) in [5.74, 6) is 0.606. The number of carbonyl (C=O) groups is 1. The Morgan fingerprint density at radius 3 is 2.93 bits per heavy atom. The second-order valence-electron chi connectivity index (χ2n) is 6.92. The van der Waals surface area contributed by atoms with Crippen LogP contribution in [0.15, 0.2) is 48.7 Å². The third-order valence-electron chi connectivity index (χ3n) is 4.66. The zero-order valence-electron chi connectivity index (χ0n) is 16.1. The lowest BCUT2D eigenvalue weighted by molar-refractivity contribution is -0.141. The highest BCUT2D eigenvalue weighted by Crippen LogP contribution is 2.24. The van der Waals surface area contributed by atoms with Crippen LogP contribution in [0.4, 0.5) is 5.82 Å². The summed E-state index contributed by atoms with van der Waals surface area (Å²) in [7, 11) is 0. The fourth-order valence-corrected chi connectivity index (χ4v) is 3.24. The molecule has 0 radical (unpaired) electrons. The molecule has 2 heterocycles. The van der Waals surface area contributed by atoms with Crippen molar-refractivity contribution in [2.24, 2.45) is 5.92 Å². The molecule has 6 nitrogen and oxygen atoms in total. The maximum atomic E-state index is 11.4. The van der Waals surface area contributed by atoms with E-state index in [0.717, 1.165) is 47.6 Å². The topological polar surface area (TPSA) is 87.2 Å². The van der Waals surface area contributed by atoms with Crippen molar-refractivity contribution in [1.29, 1.82) is 0 Å². The molecular weight excluding hydrogens is 354 g/mol. The van der Waals surface area contributed by atoms with Gasteiger partial charge in [-0.1, -0.05) is 19.4 Å². The average molecular weight is 381 g/mol. The number of aliphatic carboxylic acids is 1. The van der Waals surface area contributed by atoms with E-state index < -0.39 is 5.97 Å². The van der Waals surface area contributed by atoms with Crippen LogP contribution in [0.1, 0.15) is 31.9 Å². The van der Waals surface area contributed by atoms with Gasteiger partial charge in [0.25, 0.3) is 0 Å². The van der Waals surface area contributed by atoms with Crippen molar-refractivity contribution in [3.05, 3.63) is 54.4 Å². The first-order valence-corrected chi connectivity index (χ1v) is 9.78. The number of H-pyrrole nitrogens is 1. The first kappa shape index (κ1) is 19.7. The van der Waals surface area contributed by atoms with Gasteiger partial charge >= 0.3 is 5.97 Å². The van der Waals surface area contributed by atoms with Crippen LogP contribution in [-0.2, 0) is 11.2 Å². The number of anilines is 1. The maximum Gasteiger partial charge on any atom is 0.306 e. The van der Waals surface area contributed by atoms with Gasteiger partial charge in [-0.25, -0.2) is 4.98 Å². The molecule has 1 atom stereocenters. The van der Waals surface area contributed by atoms with Crippen LogP contribution in [0, 0.1) is 5.92 Å². The van der Waals surface area contributed by atoms with Gasteiger partial charge in [0.1, 0.15) is 11.6 Å². The Balaban J connectivity index is 1.51. The molecule has 3 rings (SSSR count). The van der Waals surface area contributed by atoms with E-state index in [9.17, 15) is 9.90 Å². The van der Waals surface area contributed by atoms with E-state index in [-0.39, 0.29) is 5.92 Å². The number of rotatable bonds is 11. The van der Waals surface area contributed by atoms with E-state index in [4.69, 9.17) is 4.74 Å². The molecule has 0 amide bonds. The van der Waals surface area contributed by atoms with Crippen LogP contribution in [-0.4, -0.2) is 34.2 Å². The van der Waals surface area contributed by atoms with Crippen molar-refractivity contribution in [3.63, 3.8) is 0 Å². The first-order chi connectivity index (χ1) is 13.7. The molecule has 3 aromatic rings. The standard InChI is InChI=1S/C22H27N3O3/c1-2-6-16(22(26)27)13-18-14-17-15-19(8-9-20(17)25-18)28-12-5-11-24-21-7-3-4-10-23-21/h3-4,7-10,14-16,25H,2,5-6,11-13H2,1H3,(H,23,24)(H,26,27). The smallest absolute Gasteiger partial charge is 0.306 e. The lowest BCUT2D eigenvalue weighted by Gasteiger charge is -2.09. The number of aromatic nitrogens is 2. The van der Waals surface area contributed by atoms with Gasteiger partial charge in [0, 0.05) is 35.8 Å². The summed E-state index contributed by atoms with van der Waals surface area (Å²) in [6.07, 6.45) is 4.70. The molecule has 1 unspecified atom stereocenters. The lowest BCUT2D eigenvalue weighted by Crippen LogP contribution is -2.16. The third-order valence-corrected chi connectivity index (χ3v) is 4.66. The van der Waals surface area contributed by atoms with Gasteiger partial charge in [-0.3, -0.25) is 4.79 Å². The molecule has 0 aliphatic heterocycles. The molecule has 2 aromatic heterocycles. The number of hydrogen-bond acceptors (Lipinski definition) is 4. The van der Waals surface area contributed by atoms with Crippen LogP contribution in [0.2, 0.25) is 0 Å². The average Bonchev–Trinajstić information content (AvgIpc) is 3.10. The monoisotopic (exact) mass is 381 g/mol. The molecule has 3 N–H and O–H groups in total. The summed E-state index contributed by atoms with van der Waals surface area (Å²) in [6.45, 7) is 3.42. The molecule has 6 heteroatoms. The van der Waals surface area contributed by atoms with E-state index in [0.29, 0.717) is 19.4 Å². The number of nitrogens with zero attached hydrogens (tertiary/aromatic N) is 1. The molecular formula is C22H27N3O3. The number of benzene rings is 1. The predicted molar refractivity (Wildman–Crippen MR) is 111 cm³/mol. The Bertz CT molecular complexity index is 892. The second kappa shape index (κ2) is 9.78. The Morgan fingerprint density at radius 2 is 2.18 bits per heavy atom. The summed E-state index contributed by atoms with van der Waals surface area (Å²) in [6, 6.07) is 13.7. The van der Waals surface area contributed by atoms with Crippen LogP contribution < -0.4 is 10.1 Å². The number of aromatic amines is 1. The van der Waals surface area contributed by atoms with Crippen molar-refractivity contribution in [2.45, 2.75) is 32.6 Å². The minimum absolute atomic E-state index is 0.347. The summed E-state index contributed by atoms with van der Waals surface area (Å²) in [4.78, 5) is 18.9. The van der Waals surface area contributed by atoms with Crippen LogP contribution in [0.25, 0.3) is 10.9 Å². The van der Waals surface area contributed by atoms with Gasteiger partial charge in [-0.15, -0.1) is 0 Å². The van der Waals surface area contributed by atoms with E-state index in [1.807, 2.05) is 49.4 Å². The second-order valence-corrected chi connectivity index (χ2v) is 6.92. The highest BCUT2D eigenvalue weighted by molar-refractivity contribution is 5.82. The first-order valence-electron chi connectivity index (χ1n) is 9.78. The number of ether oxygens (including phenoxy) is 1. The highest BCUT2D eigenvalue weighted by Gasteiger charge is 2.18. The predicted octanol–water partition coefficient (Wildman–Crippen LogP) is 4.49. The van der Waals surface area contributed by atoms with Crippen molar-refractivity contribution in [3.8, 4) is 5.75 Å². The van der Waals surface area contributed by atoms with E-state index in [2.05, 4.69) is 15.3 Å². The molecule has 0 bridgehead atoms. The molecule has 148 valence electrons. The van der Waals surface area contributed by atoms with Gasteiger partial charge in [0.2, 0.25) is 0 Å². The molecule has 28 heavy (non-hydrogen) atoms. The zero-order chi connectivity index (χ0) is 19.8. The summed E-state index contributed by atoms with van der Waals surface area (Å²) in [5, 5.41) is 13.7. The van der Waals surface area contributed by atoms with Gasteiger partial charge in [0.15, 0.2) is 0 Å². The van der Waals surface area contributed by atoms with Gasteiger partial charge < -0.3 is 20.1 Å². The van der Waals surface area contributed by atoms with Crippen LogP contribution in [0.5, 0.6) is 5.75 Å². The number of pyridine rings is 1. The minimum Gasteiger partial charge on any atom is -0.494 e. The quantitative estimate of drug-likeness (QED) is 0.426. The molecule has 0 aliphatic rings. The van der Waals surface area contributed by atoms with Crippen LogP contribution in [0.3, 0.4) is 0 Å². The molecule has 1 aromatic carbocycles. The summed E-state index contributed by atoms with van der Waals surface area (Å²) < 4.78 is 5.85. The molecule has 0 saturated heterocycles.